The van der Waals surface area contributed by atoms with E-state index in [0.29, 0.717) is 16.8 Å². The van der Waals surface area contributed by atoms with Gasteiger partial charge in [-0.1, -0.05) is 6.92 Å². The first kappa shape index (κ1) is 15.6. The molecular weight excluding hydrogens is 334 g/mol. The van der Waals surface area contributed by atoms with Gasteiger partial charge >= 0.3 is 5.97 Å². The summed E-state index contributed by atoms with van der Waals surface area (Å²) in [6, 6.07) is 11.0. The number of halogens is 1. The lowest BCUT2D eigenvalue weighted by atomic mass is 10.2. The predicted octanol–water partition coefficient (Wildman–Crippen LogP) is 4.78. The number of nitrogens with one attached hydrogen (secondary N) is 1. The minimum absolute atomic E-state index is 0.0363. The highest BCUT2D eigenvalue weighted by Crippen LogP contribution is 2.23. The Hall–Kier alpha value is -1.75. The molecule has 1 atom stereocenters. The van der Waals surface area contributed by atoms with Gasteiger partial charge in [-0.25, -0.2) is 4.79 Å². The second-order valence-electron chi connectivity index (χ2n) is 4.72. The van der Waals surface area contributed by atoms with E-state index in [2.05, 4.69) is 21.2 Å². The fourth-order valence-electron chi connectivity index (χ4n) is 1.86. The third-order valence-electron chi connectivity index (χ3n) is 2.96. The van der Waals surface area contributed by atoms with Crippen molar-refractivity contribution < 1.29 is 13.9 Å². The van der Waals surface area contributed by atoms with Gasteiger partial charge in [-0.15, -0.1) is 0 Å². The summed E-state index contributed by atoms with van der Waals surface area (Å²) in [6.07, 6.45) is 0.821. The molecule has 1 heterocycles. The summed E-state index contributed by atoms with van der Waals surface area (Å²) in [6.45, 7) is 4.42. The average Bonchev–Trinajstić information content (AvgIpc) is 2.92. The van der Waals surface area contributed by atoms with Gasteiger partial charge in [0.25, 0.3) is 0 Å². The normalized spacial score (nSPS) is 12.0. The first-order chi connectivity index (χ1) is 10.1. The van der Waals surface area contributed by atoms with Crippen LogP contribution in [-0.2, 0) is 4.74 Å². The van der Waals surface area contributed by atoms with Crippen LogP contribution >= 0.6 is 15.9 Å². The molecule has 0 aliphatic heterocycles. The maximum absolute atomic E-state index is 11.7. The van der Waals surface area contributed by atoms with Crippen LogP contribution in [0.5, 0.6) is 0 Å². The molecule has 0 amide bonds. The van der Waals surface area contributed by atoms with E-state index in [4.69, 9.17) is 9.15 Å². The highest BCUT2D eigenvalue weighted by Gasteiger charge is 2.11. The number of ether oxygens (including phenoxy) is 1. The zero-order valence-electron chi connectivity index (χ0n) is 12.1. The van der Waals surface area contributed by atoms with E-state index < -0.39 is 0 Å². The molecular formula is C16H18BrNO3. The number of carbonyl (C=O) groups excluding carboxylic acids is 1. The quantitative estimate of drug-likeness (QED) is 0.760. The van der Waals surface area contributed by atoms with E-state index in [0.717, 1.165) is 17.9 Å². The number of hydrogen-bond acceptors (Lipinski definition) is 4. The molecule has 1 N–H and O–H groups in total. The van der Waals surface area contributed by atoms with Crippen molar-refractivity contribution in [1.29, 1.82) is 0 Å². The van der Waals surface area contributed by atoms with Gasteiger partial charge in [0.1, 0.15) is 5.76 Å². The van der Waals surface area contributed by atoms with Gasteiger partial charge in [0, 0.05) is 5.69 Å². The molecule has 0 saturated heterocycles. The van der Waals surface area contributed by atoms with Gasteiger partial charge in [-0.3, -0.25) is 0 Å². The van der Waals surface area contributed by atoms with Gasteiger partial charge in [0.05, 0.1) is 18.2 Å². The Morgan fingerprint density at radius 3 is 2.57 bits per heavy atom. The summed E-state index contributed by atoms with van der Waals surface area (Å²) >= 11 is 3.29. The van der Waals surface area contributed by atoms with Crippen LogP contribution < -0.4 is 5.32 Å². The zero-order valence-corrected chi connectivity index (χ0v) is 13.6. The van der Waals surface area contributed by atoms with E-state index >= 15 is 0 Å². The monoisotopic (exact) mass is 351 g/mol. The van der Waals surface area contributed by atoms with E-state index in [-0.39, 0.29) is 12.0 Å². The minimum atomic E-state index is -0.286. The molecule has 4 nitrogen and oxygen atoms in total. The number of esters is 1. The molecule has 0 fully saturated rings. The fraction of sp³-hybridized carbons (Fsp3) is 0.312. The highest BCUT2D eigenvalue weighted by atomic mass is 79.9. The van der Waals surface area contributed by atoms with Crippen molar-refractivity contribution in [2.45, 2.75) is 26.3 Å². The van der Waals surface area contributed by atoms with Gasteiger partial charge in [-0.05, 0) is 65.7 Å². The molecule has 0 bridgehead atoms. The second-order valence-corrected chi connectivity index (χ2v) is 5.50. The van der Waals surface area contributed by atoms with Crippen LogP contribution in [0.3, 0.4) is 0 Å². The molecule has 0 radical (unpaired) electrons. The number of carbonyl (C=O) groups is 1. The predicted molar refractivity (Wildman–Crippen MR) is 85.5 cm³/mol. The van der Waals surface area contributed by atoms with Crippen molar-refractivity contribution in [3.05, 3.63) is 52.4 Å². The molecule has 0 spiro atoms. The molecule has 1 unspecified atom stereocenters. The molecule has 2 aromatic rings. The van der Waals surface area contributed by atoms with E-state index in [1.165, 1.54) is 0 Å². The lowest BCUT2D eigenvalue weighted by Gasteiger charge is -2.13. The van der Waals surface area contributed by atoms with Crippen LogP contribution in [0.1, 0.15) is 42.4 Å². The average molecular weight is 352 g/mol. The molecule has 1 aromatic heterocycles. The first-order valence-electron chi connectivity index (χ1n) is 6.89. The standard InChI is InChI=1S/C16H18BrNO3/c1-3-10-20-16(19)12-4-6-13(7-5-12)18-11(2)14-8-9-15(17)21-14/h4-9,11,18H,3,10H2,1-2H3. The Kier molecular flexibility index (Phi) is 5.44. The van der Waals surface area contributed by atoms with Crippen molar-refractivity contribution in [3.8, 4) is 0 Å². The lowest BCUT2D eigenvalue weighted by molar-refractivity contribution is 0.0505. The summed E-state index contributed by atoms with van der Waals surface area (Å²) < 4.78 is 11.3. The molecule has 1 aromatic carbocycles. The van der Waals surface area contributed by atoms with Crippen molar-refractivity contribution in [2.24, 2.45) is 0 Å². The summed E-state index contributed by atoms with van der Waals surface area (Å²) in [5, 5.41) is 3.31. The Labute approximate surface area is 132 Å². The fourth-order valence-corrected chi connectivity index (χ4v) is 2.18. The van der Waals surface area contributed by atoms with Crippen LogP contribution in [0, 0.1) is 0 Å². The van der Waals surface area contributed by atoms with Gasteiger partial charge in [-0.2, -0.15) is 0 Å². The highest BCUT2D eigenvalue weighted by molar-refractivity contribution is 9.10. The van der Waals surface area contributed by atoms with Gasteiger partial charge < -0.3 is 14.5 Å². The summed E-state index contributed by atoms with van der Waals surface area (Å²) in [7, 11) is 0. The zero-order chi connectivity index (χ0) is 15.2. The smallest absolute Gasteiger partial charge is 0.338 e. The van der Waals surface area contributed by atoms with Crippen LogP contribution in [0.15, 0.2) is 45.5 Å². The van der Waals surface area contributed by atoms with Crippen molar-refractivity contribution in [3.63, 3.8) is 0 Å². The number of anilines is 1. The maximum Gasteiger partial charge on any atom is 0.338 e. The number of rotatable bonds is 6. The van der Waals surface area contributed by atoms with E-state index in [1.54, 1.807) is 12.1 Å². The molecule has 0 aliphatic carbocycles. The van der Waals surface area contributed by atoms with Crippen LogP contribution in [-0.4, -0.2) is 12.6 Å². The first-order valence-corrected chi connectivity index (χ1v) is 7.68. The topological polar surface area (TPSA) is 51.5 Å². The molecule has 5 heteroatoms. The summed E-state index contributed by atoms with van der Waals surface area (Å²) in [5.41, 5.74) is 1.48. The van der Waals surface area contributed by atoms with E-state index in [1.807, 2.05) is 38.1 Å². The largest absolute Gasteiger partial charge is 0.462 e. The molecule has 0 saturated carbocycles. The summed E-state index contributed by atoms with van der Waals surface area (Å²) in [4.78, 5) is 11.7. The molecule has 2 rings (SSSR count). The third kappa shape index (κ3) is 4.36. The molecule has 112 valence electrons. The number of hydrogen-bond donors (Lipinski definition) is 1. The Morgan fingerprint density at radius 2 is 2.00 bits per heavy atom. The maximum atomic E-state index is 11.7. The van der Waals surface area contributed by atoms with Crippen LogP contribution in [0.4, 0.5) is 5.69 Å². The SMILES string of the molecule is CCCOC(=O)c1ccc(NC(C)c2ccc(Br)o2)cc1. The minimum Gasteiger partial charge on any atom is -0.462 e. The molecule has 0 aliphatic rings. The third-order valence-corrected chi connectivity index (χ3v) is 3.39. The van der Waals surface area contributed by atoms with Crippen molar-refractivity contribution in [1.82, 2.24) is 0 Å². The Morgan fingerprint density at radius 1 is 1.29 bits per heavy atom. The van der Waals surface area contributed by atoms with Crippen molar-refractivity contribution in [2.75, 3.05) is 11.9 Å². The van der Waals surface area contributed by atoms with Crippen LogP contribution in [0.25, 0.3) is 0 Å². The number of furan rings is 1. The van der Waals surface area contributed by atoms with Crippen LogP contribution in [0.2, 0.25) is 0 Å². The Balaban J connectivity index is 1.97. The summed E-state index contributed by atoms with van der Waals surface area (Å²) in [5.74, 6) is 0.555. The molecule has 21 heavy (non-hydrogen) atoms. The van der Waals surface area contributed by atoms with E-state index in [9.17, 15) is 4.79 Å². The Bertz CT molecular complexity index is 592. The lowest BCUT2D eigenvalue weighted by Crippen LogP contribution is -2.07. The van der Waals surface area contributed by atoms with Gasteiger partial charge in [0.15, 0.2) is 4.67 Å². The number of benzene rings is 1. The second kappa shape index (κ2) is 7.31. The van der Waals surface area contributed by atoms with Gasteiger partial charge in [0.2, 0.25) is 0 Å². The van der Waals surface area contributed by atoms with Crippen molar-refractivity contribution >= 4 is 27.6 Å².